The molecule has 2 nitrogen and oxygen atoms in total. The van der Waals surface area contributed by atoms with Crippen molar-refractivity contribution >= 4 is 39.2 Å². The summed E-state index contributed by atoms with van der Waals surface area (Å²) in [5.74, 6) is 0.136. The van der Waals surface area contributed by atoms with Crippen LogP contribution in [0.15, 0.2) is 22.0 Å². The van der Waals surface area contributed by atoms with Crippen LogP contribution in [0.5, 0.6) is 0 Å². The van der Waals surface area contributed by atoms with Crippen LogP contribution in [-0.4, -0.2) is 23.9 Å². The van der Waals surface area contributed by atoms with Crippen molar-refractivity contribution in [2.24, 2.45) is 0 Å². The largest absolute Gasteiger partial charge is 0.339 e. The van der Waals surface area contributed by atoms with E-state index in [2.05, 4.69) is 15.9 Å². The lowest BCUT2D eigenvalue weighted by Gasteiger charge is -2.11. The molecule has 0 radical (unpaired) electrons. The summed E-state index contributed by atoms with van der Waals surface area (Å²) in [7, 11) is 0. The molecule has 0 unspecified atom stereocenters. The number of nitrogens with zero attached hydrogens (tertiary/aromatic N) is 1. The SMILES string of the molecule is O=C(/C=C/c1ccc(Br)s1)N1CCCC1. The normalized spacial score (nSPS) is 16.5. The molecule has 1 aliphatic rings. The molecule has 15 heavy (non-hydrogen) atoms. The molecule has 1 aromatic rings. The number of rotatable bonds is 2. The molecule has 2 heterocycles. The molecule has 0 aliphatic carbocycles. The first-order valence-electron chi connectivity index (χ1n) is 4.98. The summed E-state index contributed by atoms with van der Waals surface area (Å²) in [5, 5.41) is 0. The standard InChI is InChI=1S/C11H12BrNOS/c12-10-5-3-9(15-10)4-6-11(14)13-7-1-2-8-13/h3-6H,1-2,7-8H2/b6-4+. The van der Waals surface area contributed by atoms with E-state index in [1.54, 1.807) is 17.4 Å². The Morgan fingerprint density at radius 1 is 1.40 bits per heavy atom. The van der Waals surface area contributed by atoms with Gasteiger partial charge in [-0.1, -0.05) is 0 Å². The molecule has 1 saturated heterocycles. The zero-order valence-electron chi connectivity index (χ0n) is 8.28. The summed E-state index contributed by atoms with van der Waals surface area (Å²) in [6.07, 6.45) is 5.84. The molecule has 1 fully saturated rings. The van der Waals surface area contributed by atoms with Crippen molar-refractivity contribution in [3.05, 3.63) is 26.9 Å². The quantitative estimate of drug-likeness (QED) is 0.765. The zero-order chi connectivity index (χ0) is 10.7. The van der Waals surface area contributed by atoms with E-state index in [-0.39, 0.29) is 5.91 Å². The Morgan fingerprint density at radius 2 is 2.13 bits per heavy atom. The highest BCUT2D eigenvalue weighted by molar-refractivity contribution is 9.11. The highest BCUT2D eigenvalue weighted by atomic mass is 79.9. The van der Waals surface area contributed by atoms with Gasteiger partial charge in [0.1, 0.15) is 0 Å². The molecule has 0 N–H and O–H groups in total. The predicted molar refractivity (Wildman–Crippen MR) is 66.9 cm³/mol. The van der Waals surface area contributed by atoms with E-state index in [0.29, 0.717) is 0 Å². The molecular formula is C11H12BrNOS. The van der Waals surface area contributed by atoms with Gasteiger partial charge in [0.15, 0.2) is 0 Å². The van der Waals surface area contributed by atoms with Crippen LogP contribution in [0.2, 0.25) is 0 Å². The Labute approximate surface area is 102 Å². The Bertz CT molecular complexity index is 380. The number of halogens is 1. The van der Waals surface area contributed by atoms with Crippen molar-refractivity contribution in [3.8, 4) is 0 Å². The summed E-state index contributed by atoms with van der Waals surface area (Å²) in [5.41, 5.74) is 0. The van der Waals surface area contributed by atoms with E-state index >= 15 is 0 Å². The van der Waals surface area contributed by atoms with Crippen LogP contribution in [0.25, 0.3) is 6.08 Å². The van der Waals surface area contributed by atoms with Gasteiger partial charge in [0.05, 0.1) is 3.79 Å². The minimum atomic E-state index is 0.136. The molecule has 0 spiro atoms. The van der Waals surface area contributed by atoms with Crippen molar-refractivity contribution < 1.29 is 4.79 Å². The van der Waals surface area contributed by atoms with Gasteiger partial charge in [-0.05, 0) is 47.0 Å². The molecular weight excluding hydrogens is 274 g/mol. The van der Waals surface area contributed by atoms with Crippen molar-refractivity contribution in [1.82, 2.24) is 4.90 Å². The fourth-order valence-electron chi connectivity index (χ4n) is 1.61. The lowest BCUT2D eigenvalue weighted by molar-refractivity contribution is -0.124. The molecule has 1 amide bonds. The highest BCUT2D eigenvalue weighted by Gasteiger charge is 2.14. The Morgan fingerprint density at radius 3 is 2.73 bits per heavy atom. The maximum absolute atomic E-state index is 11.7. The van der Waals surface area contributed by atoms with Crippen LogP contribution in [0.1, 0.15) is 17.7 Å². The van der Waals surface area contributed by atoms with Crippen LogP contribution >= 0.6 is 27.3 Å². The third-order valence-electron chi connectivity index (χ3n) is 2.40. The summed E-state index contributed by atoms with van der Waals surface area (Å²) < 4.78 is 1.09. The van der Waals surface area contributed by atoms with E-state index in [4.69, 9.17) is 0 Å². The van der Waals surface area contributed by atoms with Gasteiger partial charge in [-0.2, -0.15) is 0 Å². The van der Waals surface area contributed by atoms with Crippen LogP contribution in [0, 0.1) is 0 Å². The van der Waals surface area contributed by atoms with Gasteiger partial charge in [0, 0.05) is 24.0 Å². The molecule has 80 valence electrons. The number of likely N-dealkylation sites (tertiary alicyclic amines) is 1. The highest BCUT2D eigenvalue weighted by Crippen LogP contribution is 2.23. The summed E-state index contributed by atoms with van der Waals surface area (Å²) in [6, 6.07) is 3.99. The van der Waals surface area contributed by atoms with E-state index in [1.165, 1.54) is 0 Å². The van der Waals surface area contributed by atoms with Gasteiger partial charge >= 0.3 is 0 Å². The van der Waals surface area contributed by atoms with Crippen molar-refractivity contribution in [2.75, 3.05) is 13.1 Å². The van der Waals surface area contributed by atoms with Crippen molar-refractivity contribution in [3.63, 3.8) is 0 Å². The lowest BCUT2D eigenvalue weighted by atomic mass is 10.4. The van der Waals surface area contributed by atoms with Gasteiger partial charge in [0.25, 0.3) is 0 Å². The summed E-state index contributed by atoms with van der Waals surface area (Å²) in [4.78, 5) is 14.7. The molecule has 0 saturated carbocycles. The minimum absolute atomic E-state index is 0.136. The molecule has 0 atom stereocenters. The van der Waals surface area contributed by atoms with Gasteiger partial charge < -0.3 is 4.90 Å². The second-order valence-electron chi connectivity index (χ2n) is 3.51. The van der Waals surface area contributed by atoms with Crippen molar-refractivity contribution in [1.29, 1.82) is 0 Å². The van der Waals surface area contributed by atoms with E-state index < -0.39 is 0 Å². The topological polar surface area (TPSA) is 20.3 Å². The first kappa shape index (κ1) is 10.9. The number of hydrogen-bond donors (Lipinski definition) is 0. The number of carbonyl (C=O) groups is 1. The fourth-order valence-corrected chi connectivity index (χ4v) is 2.94. The molecule has 0 aromatic carbocycles. The average molecular weight is 286 g/mol. The Kier molecular flexibility index (Phi) is 3.59. The van der Waals surface area contributed by atoms with Crippen LogP contribution in [-0.2, 0) is 4.79 Å². The Hall–Kier alpha value is -0.610. The molecule has 1 aliphatic heterocycles. The lowest BCUT2D eigenvalue weighted by Crippen LogP contribution is -2.25. The molecule has 0 bridgehead atoms. The maximum atomic E-state index is 11.7. The summed E-state index contributed by atoms with van der Waals surface area (Å²) >= 11 is 5.03. The first-order valence-corrected chi connectivity index (χ1v) is 6.59. The predicted octanol–water partition coefficient (Wildman–Crippen LogP) is 3.15. The third kappa shape index (κ3) is 2.92. The Balaban J connectivity index is 1.95. The van der Waals surface area contributed by atoms with Gasteiger partial charge in [-0.3, -0.25) is 4.79 Å². The fraction of sp³-hybridized carbons (Fsp3) is 0.364. The average Bonchev–Trinajstić information content (AvgIpc) is 2.84. The molecule has 2 rings (SSSR count). The van der Waals surface area contributed by atoms with E-state index in [9.17, 15) is 4.79 Å². The molecule has 1 aromatic heterocycles. The van der Waals surface area contributed by atoms with Gasteiger partial charge in [-0.15, -0.1) is 11.3 Å². The van der Waals surface area contributed by atoms with Crippen LogP contribution in [0.3, 0.4) is 0 Å². The third-order valence-corrected chi connectivity index (χ3v) is 3.99. The second kappa shape index (κ2) is 4.94. The smallest absolute Gasteiger partial charge is 0.246 e. The first-order chi connectivity index (χ1) is 7.25. The second-order valence-corrected chi connectivity index (χ2v) is 6.00. The van der Waals surface area contributed by atoms with Crippen LogP contribution in [0.4, 0.5) is 0 Å². The van der Waals surface area contributed by atoms with Gasteiger partial charge in [0.2, 0.25) is 5.91 Å². The molecule has 4 heteroatoms. The number of thiophene rings is 1. The van der Waals surface area contributed by atoms with E-state index in [1.807, 2.05) is 23.1 Å². The monoisotopic (exact) mass is 285 g/mol. The van der Waals surface area contributed by atoms with E-state index in [0.717, 1.165) is 34.6 Å². The number of amides is 1. The number of hydrogen-bond acceptors (Lipinski definition) is 2. The minimum Gasteiger partial charge on any atom is -0.339 e. The van der Waals surface area contributed by atoms with Crippen LogP contribution < -0.4 is 0 Å². The number of carbonyl (C=O) groups excluding carboxylic acids is 1. The maximum Gasteiger partial charge on any atom is 0.246 e. The van der Waals surface area contributed by atoms with Crippen molar-refractivity contribution in [2.45, 2.75) is 12.8 Å². The van der Waals surface area contributed by atoms with Gasteiger partial charge in [-0.25, -0.2) is 0 Å². The summed E-state index contributed by atoms with van der Waals surface area (Å²) in [6.45, 7) is 1.83. The zero-order valence-corrected chi connectivity index (χ0v) is 10.7.